The Balaban J connectivity index is 2.29. The molecule has 1 heterocycles. The van der Waals surface area contributed by atoms with E-state index in [0.29, 0.717) is 24.6 Å². The van der Waals surface area contributed by atoms with Crippen molar-refractivity contribution < 1.29 is 9.59 Å². The molecule has 1 aliphatic heterocycles. The van der Waals surface area contributed by atoms with Crippen LogP contribution >= 0.6 is 12.2 Å². The number of rotatable bonds is 3. The number of hydrogen-bond donors (Lipinski definition) is 2. The molecule has 15 heavy (non-hydrogen) atoms. The van der Waals surface area contributed by atoms with Gasteiger partial charge in [-0.1, -0.05) is 0 Å². The smallest absolute Gasteiger partial charge is 0.245 e. The highest BCUT2D eigenvalue weighted by Gasteiger charge is 2.22. The van der Waals surface area contributed by atoms with Gasteiger partial charge in [0, 0.05) is 19.5 Å². The summed E-state index contributed by atoms with van der Waals surface area (Å²) < 4.78 is 0. The summed E-state index contributed by atoms with van der Waals surface area (Å²) in [5, 5.41) is 5.64. The number of carbonyl (C=O) groups is 2. The Bertz CT molecular complexity index is 281. The van der Waals surface area contributed by atoms with Crippen LogP contribution in [0.3, 0.4) is 0 Å². The molecular formula is C9H15N3O2S. The second-order valence-electron chi connectivity index (χ2n) is 3.33. The number of amides is 2. The molecule has 1 fully saturated rings. The quantitative estimate of drug-likeness (QED) is 0.648. The Hall–Kier alpha value is -1.17. The van der Waals surface area contributed by atoms with E-state index in [1.165, 1.54) is 0 Å². The topological polar surface area (TPSA) is 61.4 Å². The van der Waals surface area contributed by atoms with E-state index in [4.69, 9.17) is 12.2 Å². The molecule has 1 aliphatic rings. The van der Waals surface area contributed by atoms with Crippen molar-refractivity contribution in [3.8, 4) is 0 Å². The Morgan fingerprint density at radius 3 is 2.87 bits per heavy atom. The van der Waals surface area contributed by atoms with Crippen molar-refractivity contribution in [3.63, 3.8) is 0 Å². The third-order valence-electron chi connectivity index (χ3n) is 2.10. The summed E-state index contributed by atoms with van der Waals surface area (Å²) in [7, 11) is 0. The van der Waals surface area contributed by atoms with E-state index in [0.717, 1.165) is 6.42 Å². The number of carbonyl (C=O) groups excluding carboxylic acids is 2. The van der Waals surface area contributed by atoms with Crippen LogP contribution in [0.15, 0.2) is 0 Å². The largest absolute Gasteiger partial charge is 0.363 e. The van der Waals surface area contributed by atoms with Gasteiger partial charge in [0.2, 0.25) is 11.8 Å². The summed E-state index contributed by atoms with van der Waals surface area (Å²) in [4.78, 5) is 24.2. The van der Waals surface area contributed by atoms with Crippen LogP contribution in [0.4, 0.5) is 0 Å². The molecule has 0 aliphatic carbocycles. The molecule has 0 atom stereocenters. The maximum atomic E-state index is 11.4. The number of nitrogens with zero attached hydrogens (tertiary/aromatic N) is 1. The van der Waals surface area contributed by atoms with Gasteiger partial charge in [-0.3, -0.25) is 9.59 Å². The van der Waals surface area contributed by atoms with E-state index in [9.17, 15) is 9.59 Å². The molecule has 0 aromatic carbocycles. The molecular weight excluding hydrogens is 214 g/mol. The minimum atomic E-state index is -0.240. The van der Waals surface area contributed by atoms with Crippen molar-refractivity contribution >= 4 is 29.1 Å². The lowest BCUT2D eigenvalue weighted by atomic mass is 10.4. The fourth-order valence-electron chi connectivity index (χ4n) is 1.42. The average molecular weight is 229 g/mol. The summed E-state index contributed by atoms with van der Waals surface area (Å²) in [5.74, 6) is -0.198. The number of thiocarbonyl (C=S) groups is 1. The van der Waals surface area contributed by atoms with Gasteiger partial charge in [-0.15, -0.1) is 0 Å². The lowest BCUT2D eigenvalue weighted by Gasteiger charge is -2.15. The Labute approximate surface area is 94.2 Å². The zero-order valence-electron chi connectivity index (χ0n) is 8.71. The molecule has 0 spiro atoms. The third kappa shape index (κ3) is 3.83. The van der Waals surface area contributed by atoms with Crippen LogP contribution in [0.5, 0.6) is 0 Å². The first kappa shape index (κ1) is 11.9. The van der Waals surface area contributed by atoms with E-state index in [-0.39, 0.29) is 18.4 Å². The molecule has 1 rings (SSSR count). The minimum Gasteiger partial charge on any atom is -0.363 e. The molecule has 0 radical (unpaired) electrons. The van der Waals surface area contributed by atoms with Crippen LogP contribution in [0.25, 0.3) is 0 Å². The predicted octanol–water partition coefficient (Wildman–Crippen LogP) is -0.381. The van der Waals surface area contributed by atoms with E-state index >= 15 is 0 Å². The molecule has 0 saturated carbocycles. The molecule has 0 aromatic rings. The van der Waals surface area contributed by atoms with Gasteiger partial charge < -0.3 is 15.5 Å². The Morgan fingerprint density at radius 1 is 1.60 bits per heavy atom. The van der Waals surface area contributed by atoms with Crippen LogP contribution in [0, 0.1) is 0 Å². The van der Waals surface area contributed by atoms with E-state index < -0.39 is 0 Å². The van der Waals surface area contributed by atoms with Gasteiger partial charge in [0.15, 0.2) is 5.11 Å². The van der Waals surface area contributed by atoms with Crippen LogP contribution in [-0.2, 0) is 9.59 Å². The van der Waals surface area contributed by atoms with Gasteiger partial charge in [0.25, 0.3) is 0 Å². The van der Waals surface area contributed by atoms with Crippen molar-refractivity contribution in [1.29, 1.82) is 0 Å². The second-order valence-corrected chi connectivity index (χ2v) is 3.73. The van der Waals surface area contributed by atoms with Gasteiger partial charge in [0.05, 0.1) is 6.54 Å². The van der Waals surface area contributed by atoms with Crippen molar-refractivity contribution in [3.05, 3.63) is 0 Å². The first-order valence-electron chi connectivity index (χ1n) is 4.99. The van der Waals surface area contributed by atoms with Crippen molar-refractivity contribution in [2.24, 2.45) is 0 Å². The summed E-state index contributed by atoms with van der Waals surface area (Å²) in [5.41, 5.74) is 0. The summed E-state index contributed by atoms with van der Waals surface area (Å²) in [6.07, 6.45) is 1.38. The van der Waals surface area contributed by atoms with Gasteiger partial charge in [-0.05, 0) is 25.6 Å². The summed E-state index contributed by atoms with van der Waals surface area (Å²) in [6.45, 7) is 3.33. The Kier molecular flexibility index (Phi) is 4.48. The normalized spacial score (nSPS) is 15.3. The van der Waals surface area contributed by atoms with Crippen LogP contribution < -0.4 is 10.6 Å². The molecule has 0 bridgehead atoms. The average Bonchev–Trinajstić information content (AvgIpc) is 2.52. The summed E-state index contributed by atoms with van der Waals surface area (Å²) in [6, 6.07) is 0. The third-order valence-corrected chi connectivity index (χ3v) is 2.34. The highest BCUT2D eigenvalue weighted by molar-refractivity contribution is 7.80. The zero-order valence-corrected chi connectivity index (χ0v) is 9.52. The van der Waals surface area contributed by atoms with E-state index in [2.05, 4.69) is 10.6 Å². The maximum absolute atomic E-state index is 11.4. The maximum Gasteiger partial charge on any atom is 0.245 e. The highest BCUT2D eigenvalue weighted by atomic mass is 32.1. The number of likely N-dealkylation sites (tertiary alicyclic amines) is 1. The van der Waals surface area contributed by atoms with Crippen LogP contribution in [0.1, 0.15) is 19.8 Å². The monoisotopic (exact) mass is 229 g/mol. The molecule has 2 N–H and O–H groups in total. The SMILES string of the molecule is CCNC(=S)NC(=O)CN1CCCC1=O. The van der Waals surface area contributed by atoms with E-state index in [1.807, 2.05) is 6.92 Å². The standard InChI is InChI=1S/C9H15N3O2S/c1-2-10-9(15)11-7(13)6-12-5-3-4-8(12)14/h2-6H2,1H3,(H2,10,11,13,15). The molecule has 1 saturated heterocycles. The number of nitrogens with one attached hydrogen (secondary N) is 2. The van der Waals surface area contributed by atoms with Crippen molar-refractivity contribution in [1.82, 2.24) is 15.5 Å². The zero-order chi connectivity index (χ0) is 11.3. The van der Waals surface area contributed by atoms with Crippen LogP contribution in [-0.4, -0.2) is 41.5 Å². The summed E-state index contributed by atoms with van der Waals surface area (Å²) >= 11 is 4.85. The molecule has 6 heteroatoms. The lowest BCUT2D eigenvalue weighted by molar-refractivity contribution is -0.132. The molecule has 0 unspecified atom stereocenters. The Morgan fingerprint density at radius 2 is 2.33 bits per heavy atom. The van der Waals surface area contributed by atoms with Gasteiger partial charge in [0.1, 0.15) is 0 Å². The van der Waals surface area contributed by atoms with Gasteiger partial charge in [-0.25, -0.2) is 0 Å². The molecule has 5 nitrogen and oxygen atoms in total. The second kappa shape index (κ2) is 5.65. The van der Waals surface area contributed by atoms with E-state index in [1.54, 1.807) is 4.90 Å². The predicted molar refractivity (Wildman–Crippen MR) is 60.2 cm³/mol. The fourth-order valence-corrected chi connectivity index (χ4v) is 1.67. The first-order valence-corrected chi connectivity index (χ1v) is 5.39. The van der Waals surface area contributed by atoms with Crippen LogP contribution in [0.2, 0.25) is 0 Å². The minimum absolute atomic E-state index is 0.0412. The van der Waals surface area contributed by atoms with Gasteiger partial charge in [-0.2, -0.15) is 0 Å². The first-order chi connectivity index (χ1) is 7.13. The lowest BCUT2D eigenvalue weighted by Crippen LogP contribution is -2.44. The molecule has 2 amide bonds. The fraction of sp³-hybridized carbons (Fsp3) is 0.667. The molecule has 0 aromatic heterocycles. The van der Waals surface area contributed by atoms with Gasteiger partial charge >= 0.3 is 0 Å². The highest BCUT2D eigenvalue weighted by Crippen LogP contribution is 2.08. The molecule has 84 valence electrons. The van der Waals surface area contributed by atoms with Crippen molar-refractivity contribution in [2.75, 3.05) is 19.6 Å². The number of hydrogen-bond acceptors (Lipinski definition) is 3. The van der Waals surface area contributed by atoms with Crippen molar-refractivity contribution in [2.45, 2.75) is 19.8 Å².